The number of rotatable bonds is 7. The predicted molar refractivity (Wildman–Crippen MR) is 102 cm³/mol. The fourth-order valence-electron chi connectivity index (χ4n) is 2.19. The van der Waals surface area contributed by atoms with Crippen LogP contribution in [0.25, 0.3) is 0 Å². The van der Waals surface area contributed by atoms with Crippen molar-refractivity contribution < 1.29 is 19.1 Å². The number of hydrogen-bond acceptors (Lipinski definition) is 4. The highest BCUT2D eigenvalue weighted by molar-refractivity contribution is 6.34. The van der Waals surface area contributed by atoms with E-state index in [9.17, 15) is 9.59 Å². The molecule has 138 valence electrons. The van der Waals surface area contributed by atoms with E-state index in [1.807, 2.05) is 6.92 Å². The Balaban J connectivity index is 2.10. The number of nitrogens with one attached hydrogen (secondary N) is 1. The Kier molecular flexibility index (Phi) is 7.30. The summed E-state index contributed by atoms with van der Waals surface area (Å²) in [4.78, 5) is 24.2. The first-order chi connectivity index (χ1) is 12.5. The van der Waals surface area contributed by atoms with Crippen molar-refractivity contribution in [3.8, 4) is 5.75 Å². The van der Waals surface area contributed by atoms with Crippen molar-refractivity contribution >= 4 is 40.8 Å². The summed E-state index contributed by atoms with van der Waals surface area (Å²) in [5, 5.41) is 3.37. The SMILES string of the molecule is CCOC(=O)c1ccc(NC(=O)[C@@H](CC)Oc2ccccc2Cl)c(Cl)c1. The molecule has 2 rings (SSSR count). The molecular formula is C19H19Cl2NO4. The van der Waals surface area contributed by atoms with Gasteiger partial charge in [0.2, 0.25) is 0 Å². The molecular weight excluding hydrogens is 377 g/mol. The molecule has 0 aliphatic rings. The van der Waals surface area contributed by atoms with Crippen LogP contribution in [0.4, 0.5) is 5.69 Å². The van der Waals surface area contributed by atoms with E-state index in [4.69, 9.17) is 32.7 Å². The molecule has 2 aromatic rings. The van der Waals surface area contributed by atoms with Gasteiger partial charge in [-0.3, -0.25) is 4.79 Å². The van der Waals surface area contributed by atoms with E-state index in [2.05, 4.69) is 5.32 Å². The lowest BCUT2D eigenvalue weighted by atomic mass is 10.2. The third-order valence-corrected chi connectivity index (χ3v) is 4.13. The summed E-state index contributed by atoms with van der Waals surface area (Å²) in [6.07, 6.45) is -0.300. The van der Waals surface area contributed by atoms with E-state index < -0.39 is 12.1 Å². The molecule has 5 nitrogen and oxygen atoms in total. The van der Waals surface area contributed by atoms with E-state index in [-0.39, 0.29) is 17.5 Å². The van der Waals surface area contributed by atoms with E-state index >= 15 is 0 Å². The van der Waals surface area contributed by atoms with Crippen LogP contribution >= 0.6 is 23.2 Å². The van der Waals surface area contributed by atoms with Gasteiger partial charge in [0.15, 0.2) is 6.10 Å². The summed E-state index contributed by atoms with van der Waals surface area (Å²) in [5.74, 6) is -0.404. The number of hydrogen-bond donors (Lipinski definition) is 1. The van der Waals surface area contributed by atoms with Crippen molar-refractivity contribution in [2.75, 3.05) is 11.9 Å². The Labute approximate surface area is 162 Å². The van der Waals surface area contributed by atoms with Gasteiger partial charge in [-0.15, -0.1) is 0 Å². The van der Waals surface area contributed by atoms with Crippen molar-refractivity contribution in [3.05, 3.63) is 58.1 Å². The fraction of sp³-hybridized carbons (Fsp3) is 0.263. The Morgan fingerprint density at radius 2 is 1.81 bits per heavy atom. The average Bonchev–Trinajstić information content (AvgIpc) is 2.62. The molecule has 0 radical (unpaired) electrons. The summed E-state index contributed by atoms with van der Waals surface area (Å²) < 4.78 is 10.6. The molecule has 0 unspecified atom stereocenters. The number of amides is 1. The third-order valence-electron chi connectivity index (χ3n) is 3.51. The number of halogens is 2. The zero-order valence-electron chi connectivity index (χ0n) is 14.4. The first-order valence-corrected chi connectivity index (χ1v) is 8.90. The maximum Gasteiger partial charge on any atom is 0.338 e. The number of para-hydroxylation sites is 1. The number of esters is 1. The minimum absolute atomic E-state index is 0.233. The van der Waals surface area contributed by atoms with Gasteiger partial charge >= 0.3 is 5.97 Å². The normalized spacial score (nSPS) is 11.5. The largest absolute Gasteiger partial charge is 0.479 e. The Hall–Kier alpha value is -2.24. The van der Waals surface area contributed by atoms with Gasteiger partial charge < -0.3 is 14.8 Å². The van der Waals surface area contributed by atoms with Gasteiger partial charge in [-0.25, -0.2) is 4.79 Å². The summed E-state index contributed by atoms with van der Waals surface area (Å²) in [7, 11) is 0. The Bertz CT molecular complexity index is 795. The summed E-state index contributed by atoms with van der Waals surface area (Å²) in [6, 6.07) is 11.5. The number of carbonyl (C=O) groups is 2. The van der Waals surface area contributed by atoms with Crippen LogP contribution in [0.5, 0.6) is 5.75 Å². The second-order valence-electron chi connectivity index (χ2n) is 5.35. The van der Waals surface area contributed by atoms with Crippen LogP contribution in [0.2, 0.25) is 10.0 Å². The predicted octanol–water partition coefficient (Wildman–Crippen LogP) is 4.97. The molecule has 0 saturated carbocycles. The maximum atomic E-state index is 12.5. The van der Waals surface area contributed by atoms with Gasteiger partial charge in [0.1, 0.15) is 5.75 Å². The first kappa shape index (κ1) is 20.1. The molecule has 0 aromatic heterocycles. The molecule has 1 amide bonds. The smallest absolute Gasteiger partial charge is 0.338 e. The molecule has 1 atom stereocenters. The topological polar surface area (TPSA) is 64.6 Å². The molecule has 0 fully saturated rings. The van der Waals surface area contributed by atoms with Gasteiger partial charge in [-0.2, -0.15) is 0 Å². The van der Waals surface area contributed by atoms with Crippen molar-refractivity contribution in [2.45, 2.75) is 26.4 Å². The lowest BCUT2D eigenvalue weighted by Gasteiger charge is -2.18. The second-order valence-corrected chi connectivity index (χ2v) is 6.16. The highest BCUT2D eigenvalue weighted by Gasteiger charge is 2.21. The molecule has 26 heavy (non-hydrogen) atoms. The van der Waals surface area contributed by atoms with Crippen molar-refractivity contribution in [2.24, 2.45) is 0 Å². The van der Waals surface area contributed by atoms with E-state index in [0.717, 1.165) is 0 Å². The molecule has 0 aliphatic heterocycles. The van der Waals surface area contributed by atoms with Crippen LogP contribution in [0, 0.1) is 0 Å². The van der Waals surface area contributed by atoms with E-state index in [1.54, 1.807) is 37.3 Å². The van der Waals surface area contributed by atoms with Gasteiger partial charge in [0, 0.05) is 0 Å². The monoisotopic (exact) mass is 395 g/mol. The fourth-order valence-corrected chi connectivity index (χ4v) is 2.59. The van der Waals surface area contributed by atoms with Gasteiger partial charge in [0.05, 0.1) is 27.9 Å². The molecule has 1 N–H and O–H groups in total. The number of benzene rings is 2. The minimum Gasteiger partial charge on any atom is -0.479 e. The minimum atomic E-state index is -0.740. The van der Waals surface area contributed by atoms with Crippen LogP contribution in [-0.4, -0.2) is 24.6 Å². The quantitative estimate of drug-likeness (QED) is 0.672. The summed E-state index contributed by atoms with van der Waals surface area (Å²) >= 11 is 12.2. The zero-order valence-corrected chi connectivity index (χ0v) is 15.9. The van der Waals surface area contributed by atoms with Crippen LogP contribution in [0.1, 0.15) is 30.6 Å². The number of ether oxygens (including phenoxy) is 2. The van der Waals surface area contributed by atoms with Crippen molar-refractivity contribution in [1.82, 2.24) is 0 Å². The van der Waals surface area contributed by atoms with Crippen molar-refractivity contribution in [3.63, 3.8) is 0 Å². The summed E-state index contributed by atoms with van der Waals surface area (Å²) in [6.45, 7) is 3.82. The average molecular weight is 396 g/mol. The van der Waals surface area contributed by atoms with Crippen LogP contribution < -0.4 is 10.1 Å². The zero-order chi connectivity index (χ0) is 19.1. The standard InChI is InChI=1S/C19H19Cl2NO4/c1-3-16(26-17-8-6-5-7-13(17)20)18(23)22-15-10-9-12(11-14(15)21)19(24)25-4-2/h5-11,16H,3-4H2,1-2H3,(H,22,23)/t16-/m1/s1. The molecule has 7 heteroatoms. The molecule has 2 aromatic carbocycles. The Morgan fingerprint density at radius 1 is 1.08 bits per heavy atom. The van der Waals surface area contributed by atoms with Gasteiger partial charge in [-0.1, -0.05) is 42.3 Å². The molecule has 0 spiro atoms. The van der Waals surface area contributed by atoms with Gasteiger partial charge in [-0.05, 0) is 43.7 Å². The van der Waals surface area contributed by atoms with Crippen LogP contribution in [0.15, 0.2) is 42.5 Å². The highest BCUT2D eigenvalue weighted by atomic mass is 35.5. The van der Waals surface area contributed by atoms with E-state index in [1.165, 1.54) is 12.1 Å². The lowest BCUT2D eigenvalue weighted by molar-refractivity contribution is -0.122. The summed E-state index contributed by atoms with van der Waals surface area (Å²) in [5.41, 5.74) is 0.695. The number of anilines is 1. The number of carbonyl (C=O) groups excluding carboxylic acids is 2. The first-order valence-electron chi connectivity index (χ1n) is 8.15. The van der Waals surface area contributed by atoms with Crippen molar-refractivity contribution in [1.29, 1.82) is 0 Å². The van der Waals surface area contributed by atoms with Crippen LogP contribution in [0.3, 0.4) is 0 Å². The second kappa shape index (κ2) is 9.46. The van der Waals surface area contributed by atoms with Gasteiger partial charge in [0.25, 0.3) is 5.91 Å². The maximum absolute atomic E-state index is 12.5. The highest BCUT2D eigenvalue weighted by Crippen LogP contribution is 2.27. The Morgan fingerprint density at radius 3 is 2.42 bits per heavy atom. The lowest BCUT2D eigenvalue weighted by Crippen LogP contribution is -2.32. The molecule has 0 aliphatic carbocycles. The third kappa shape index (κ3) is 5.13. The van der Waals surface area contributed by atoms with E-state index in [0.29, 0.717) is 28.4 Å². The van der Waals surface area contributed by atoms with Crippen LogP contribution in [-0.2, 0) is 9.53 Å². The molecule has 0 heterocycles. The molecule has 0 bridgehead atoms. The molecule has 0 saturated heterocycles.